The Morgan fingerprint density at radius 1 is 1.36 bits per heavy atom. The number of nitrogens with zero attached hydrogens (tertiary/aromatic N) is 1. The van der Waals surface area contributed by atoms with E-state index in [9.17, 15) is 4.79 Å². The molecule has 2 N–H and O–H groups in total. The first-order valence-corrected chi connectivity index (χ1v) is 7.88. The van der Waals surface area contributed by atoms with Gasteiger partial charge in [-0.25, -0.2) is 0 Å². The summed E-state index contributed by atoms with van der Waals surface area (Å²) in [5.74, 6) is 0.0935. The van der Waals surface area contributed by atoms with E-state index in [1.165, 1.54) is 0 Å². The maximum Gasteiger partial charge on any atom is 0.254 e. The summed E-state index contributed by atoms with van der Waals surface area (Å²) in [4.78, 5) is 14.6. The maximum absolute atomic E-state index is 12.7. The number of nitrogen functional groups attached to an aromatic ring is 1. The van der Waals surface area contributed by atoms with Gasteiger partial charge in [0.2, 0.25) is 0 Å². The fourth-order valence-electron chi connectivity index (χ4n) is 2.76. The zero-order valence-corrected chi connectivity index (χ0v) is 14.3. The number of hydrogen-bond donors (Lipinski definition) is 1. The second kappa shape index (κ2) is 9.01. The quantitative estimate of drug-likeness (QED) is 0.862. The number of ether oxygens (including phenoxy) is 1. The first-order valence-electron chi connectivity index (χ1n) is 7.88. The van der Waals surface area contributed by atoms with Gasteiger partial charge in [0.25, 0.3) is 5.91 Å². The summed E-state index contributed by atoms with van der Waals surface area (Å²) in [6, 6.07) is 5.53. The van der Waals surface area contributed by atoms with Gasteiger partial charge in [0.05, 0.1) is 6.10 Å². The number of carbonyl (C=O) groups excluding carboxylic acids is 1. The number of likely N-dealkylation sites (tertiary alicyclic amines) is 1. The summed E-state index contributed by atoms with van der Waals surface area (Å²) in [7, 11) is 0. The van der Waals surface area contributed by atoms with Crippen LogP contribution in [0.4, 0.5) is 5.69 Å². The zero-order chi connectivity index (χ0) is 15.2. The predicted molar refractivity (Wildman–Crippen MR) is 92.6 cm³/mol. The molecule has 1 amide bonds. The van der Waals surface area contributed by atoms with Crippen LogP contribution in [0, 0.1) is 6.92 Å². The van der Waals surface area contributed by atoms with Crippen molar-refractivity contribution in [3.05, 3.63) is 29.3 Å². The minimum atomic E-state index is 0. The molecular weight excluding hydrogens is 300 g/mol. The topological polar surface area (TPSA) is 55.6 Å². The molecule has 4 nitrogen and oxygen atoms in total. The molecule has 0 saturated carbocycles. The normalized spacial score (nSPS) is 18.5. The van der Waals surface area contributed by atoms with E-state index in [1.54, 1.807) is 6.07 Å². The van der Waals surface area contributed by atoms with Gasteiger partial charge < -0.3 is 15.4 Å². The molecule has 1 atom stereocenters. The summed E-state index contributed by atoms with van der Waals surface area (Å²) < 4.78 is 5.83. The number of anilines is 1. The summed E-state index contributed by atoms with van der Waals surface area (Å²) >= 11 is 0. The molecule has 0 aromatic heterocycles. The summed E-state index contributed by atoms with van der Waals surface area (Å²) in [6.07, 6.45) is 4.31. The minimum absolute atomic E-state index is 0. The molecule has 1 fully saturated rings. The van der Waals surface area contributed by atoms with Gasteiger partial charge in [0, 0.05) is 30.9 Å². The molecule has 0 aliphatic carbocycles. The average Bonchev–Trinajstić information content (AvgIpc) is 2.72. The highest BCUT2D eigenvalue weighted by Gasteiger charge is 2.22. The first kappa shape index (κ1) is 18.8. The molecule has 2 rings (SSSR count). The molecule has 0 spiro atoms. The van der Waals surface area contributed by atoms with E-state index in [0.717, 1.165) is 56.5 Å². The van der Waals surface area contributed by atoms with E-state index >= 15 is 0 Å². The highest BCUT2D eigenvalue weighted by Crippen LogP contribution is 2.19. The van der Waals surface area contributed by atoms with E-state index in [0.29, 0.717) is 11.8 Å². The fourth-order valence-corrected chi connectivity index (χ4v) is 2.76. The smallest absolute Gasteiger partial charge is 0.254 e. The van der Waals surface area contributed by atoms with Crippen LogP contribution in [0.5, 0.6) is 0 Å². The van der Waals surface area contributed by atoms with Crippen molar-refractivity contribution in [2.24, 2.45) is 0 Å². The van der Waals surface area contributed by atoms with Crippen LogP contribution in [0.3, 0.4) is 0 Å². The lowest BCUT2D eigenvalue weighted by atomic mass is 10.1. The predicted octanol–water partition coefficient (Wildman–Crippen LogP) is 3.42. The van der Waals surface area contributed by atoms with Crippen molar-refractivity contribution in [2.75, 3.05) is 25.4 Å². The van der Waals surface area contributed by atoms with Gasteiger partial charge in [-0.1, -0.05) is 13.0 Å². The van der Waals surface area contributed by atoms with Gasteiger partial charge in [-0.15, -0.1) is 12.4 Å². The van der Waals surface area contributed by atoms with Gasteiger partial charge in [0.1, 0.15) is 0 Å². The zero-order valence-electron chi connectivity index (χ0n) is 13.5. The van der Waals surface area contributed by atoms with Crippen LogP contribution >= 0.6 is 12.4 Å². The number of amides is 1. The van der Waals surface area contributed by atoms with Crippen LogP contribution in [-0.4, -0.2) is 36.6 Å². The monoisotopic (exact) mass is 326 g/mol. The Morgan fingerprint density at radius 3 is 2.86 bits per heavy atom. The summed E-state index contributed by atoms with van der Waals surface area (Å²) in [5.41, 5.74) is 8.16. The van der Waals surface area contributed by atoms with Crippen LogP contribution in [0.1, 0.15) is 48.5 Å². The van der Waals surface area contributed by atoms with Crippen molar-refractivity contribution in [3.63, 3.8) is 0 Å². The SMILES string of the molecule is CCCOC1CCCN(C(=O)c2cc(N)ccc2C)CC1.Cl. The number of aryl methyl sites for hydroxylation is 1. The molecule has 22 heavy (non-hydrogen) atoms. The summed E-state index contributed by atoms with van der Waals surface area (Å²) in [5, 5.41) is 0. The molecule has 1 heterocycles. The molecular formula is C17H27ClN2O2. The highest BCUT2D eigenvalue weighted by molar-refractivity contribution is 5.96. The van der Waals surface area contributed by atoms with Gasteiger partial charge in [-0.2, -0.15) is 0 Å². The number of carbonyl (C=O) groups is 1. The Labute approximate surface area is 139 Å². The van der Waals surface area contributed by atoms with Gasteiger partial charge in [-0.3, -0.25) is 4.79 Å². The molecule has 1 unspecified atom stereocenters. The van der Waals surface area contributed by atoms with Gasteiger partial charge in [0.15, 0.2) is 0 Å². The average molecular weight is 327 g/mol. The number of rotatable bonds is 4. The van der Waals surface area contributed by atoms with E-state index in [1.807, 2.05) is 24.0 Å². The second-order valence-corrected chi connectivity index (χ2v) is 5.79. The largest absolute Gasteiger partial charge is 0.399 e. The van der Waals surface area contributed by atoms with Crippen LogP contribution in [0.2, 0.25) is 0 Å². The lowest BCUT2D eigenvalue weighted by molar-refractivity contribution is 0.0432. The number of nitrogens with two attached hydrogens (primary N) is 1. The first-order chi connectivity index (χ1) is 10.1. The fraction of sp³-hybridized carbons (Fsp3) is 0.588. The Kier molecular flexibility index (Phi) is 7.69. The number of benzene rings is 1. The molecule has 1 saturated heterocycles. The lowest BCUT2D eigenvalue weighted by Crippen LogP contribution is -2.32. The van der Waals surface area contributed by atoms with Gasteiger partial charge >= 0.3 is 0 Å². The van der Waals surface area contributed by atoms with E-state index in [4.69, 9.17) is 10.5 Å². The van der Waals surface area contributed by atoms with Crippen molar-refractivity contribution in [2.45, 2.75) is 45.6 Å². The van der Waals surface area contributed by atoms with Gasteiger partial charge in [-0.05, 0) is 50.3 Å². The Hall–Kier alpha value is -1.26. The van der Waals surface area contributed by atoms with Crippen molar-refractivity contribution in [1.82, 2.24) is 4.90 Å². The molecule has 0 radical (unpaired) electrons. The molecule has 1 aromatic carbocycles. The van der Waals surface area contributed by atoms with Crippen molar-refractivity contribution in [3.8, 4) is 0 Å². The van der Waals surface area contributed by atoms with Crippen molar-refractivity contribution >= 4 is 24.0 Å². The third-order valence-electron chi connectivity index (χ3n) is 4.01. The molecule has 1 aromatic rings. The number of hydrogen-bond acceptors (Lipinski definition) is 3. The standard InChI is InChI=1S/C17H26N2O2.ClH/c1-3-11-21-15-5-4-9-19(10-8-15)17(20)16-12-14(18)7-6-13(16)2;/h6-7,12,15H,3-5,8-11,18H2,1-2H3;1H. The van der Waals surface area contributed by atoms with Crippen LogP contribution in [0.15, 0.2) is 18.2 Å². The maximum atomic E-state index is 12.7. The third-order valence-corrected chi connectivity index (χ3v) is 4.01. The van der Waals surface area contributed by atoms with E-state index < -0.39 is 0 Å². The Morgan fingerprint density at radius 2 is 2.14 bits per heavy atom. The van der Waals surface area contributed by atoms with Crippen LogP contribution in [0.25, 0.3) is 0 Å². The highest BCUT2D eigenvalue weighted by atomic mass is 35.5. The van der Waals surface area contributed by atoms with Crippen molar-refractivity contribution in [1.29, 1.82) is 0 Å². The Balaban J connectivity index is 0.00000242. The molecule has 0 bridgehead atoms. The lowest BCUT2D eigenvalue weighted by Gasteiger charge is -2.22. The number of halogens is 1. The van der Waals surface area contributed by atoms with Crippen molar-refractivity contribution < 1.29 is 9.53 Å². The second-order valence-electron chi connectivity index (χ2n) is 5.79. The van der Waals surface area contributed by atoms with E-state index in [-0.39, 0.29) is 18.3 Å². The molecule has 1 aliphatic heterocycles. The minimum Gasteiger partial charge on any atom is -0.399 e. The molecule has 124 valence electrons. The van der Waals surface area contributed by atoms with E-state index in [2.05, 4.69) is 6.92 Å². The molecule has 1 aliphatic rings. The third kappa shape index (κ3) is 4.89. The van der Waals surface area contributed by atoms with Crippen LogP contribution in [-0.2, 0) is 4.74 Å². The summed E-state index contributed by atoms with van der Waals surface area (Å²) in [6.45, 7) is 6.46. The Bertz CT molecular complexity index is 494. The molecule has 5 heteroatoms. The van der Waals surface area contributed by atoms with Crippen LogP contribution < -0.4 is 5.73 Å².